The molecule has 0 aromatic heterocycles. The molecule has 0 amide bonds. The van der Waals surface area contributed by atoms with Crippen molar-refractivity contribution in [1.82, 2.24) is 0 Å². The Bertz CT molecular complexity index is 526. The van der Waals surface area contributed by atoms with E-state index in [0.717, 1.165) is 5.56 Å². The molecule has 0 spiro atoms. The van der Waals surface area contributed by atoms with E-state index >= 15 is 0 Å². The molecule has 1 aliphatic heterocycles. The SMILES string of the molecule is C1=COC(c2cccc3ccccc23)OC1. The first-order valence-electron chi connectivity index (χ1n) is 5.35. The molecule has 1 heterocycles. The zero-order valence-electron chi connectivity index (χ0n) is 8.80. The number of hydrogen-bond acceptors (Lipinski definition) is 2. The van der Waals surface area contributed by atoms with Gasteiger partial charge in [0.2, 0.25) is 6.29 Å². The van der Waals surface area contributed by atoms with Crippen molar-refractivity contribution < 1.29 is 9.47 Å². The van der Waals surface area contributed by atoms with Crippen molar-refractivity contribution in [3.63, 3.8) is 0 Å². The highest BCUT2D eigenvalue weighted by atomic mass is 16.7. The second-order valence-electron chi connectivity index (χ2n) is 3.74. The predicted octanol–water partition coefficient (Wildman–Crippen LogP) is 3.40. The quantitative estimate of drug-likeness (QED) is 0.721. The number of rotatable bonds is 1. The Morgan fingerprint density at radius 1 is 1.00 bits per heavy atom. The van der Waals surface area contributed by atoms with Gasteiger partial charge in [-0.2, -0.15) is 0 Å². The van der Waals surface area contributed by atoms with Crippen LogP contribution in [0.15, 0.2) is 54.8 Å². The van der Waals surface area contributed by atoms with Crippen molar-refractivity contribution in [2.24, 2.45) is 0 Å². The smallest absolute Gasteiger partial charge is 0.226 e. The summed E-state index contributed by atoms with van der Waals surface area (Å²) < 4.78 is 11.0. The first kappa shape index (κ1) is 9.43. The van der Waals surface area contributed by atoms with Crippen LogP contribution in [-0.4, -0.2) is 6.61 Å². The van der Waals surface area contributed by atoms with Gasteiger partial charge in [0.25, 0.3) is 0 Å². The van der Waals surface area contributed by atoms with Gasteiger partial charge in [-0.05, 0) is 16.8 Å². The van der Waals surface area contributed by atoms with Crippen molar-refractivity contribution in [2.45, 2.75) is 6.29 Å². The summed E-state index contributed by atoms with van der Waals surface area (Å²) in [6.07, 6.45) is 3.29. The Kier molecular flexibility index (Phi) is 2.35. The minimum absolute atomic E-state index is 0.281. The lowest BCUT2D eigenvalue weighted by Crippen LogP contribution is -2.10. The molecule has 0 saturated carbocycles. The largest absolute Gasteiger partial charge is 0.468 e. The Hall–Kier alpha value is -1.80. The van der Waals surface area contributed by atoms with Crippen molar-refractivity contribution >= 4 is 10.8 Å². The highest BCUT2D eigenvalue weighted by molar-refractivity contribution is 5.85. The predicted molar refractivity (Wildman–Crippen MR) is 62.9 cm³/mol. The number of hydrogen-bond donors (Lipinski definition) is 0. The van der Waals surface area contributed by atoms with E-state index in [2.05, 4.69) is 18.2 Å². The second kappa shape index (κ2) is 3.99. The number of benzene rings is 2. The molecule has 0 saturated heterocycles. The molecule has 0 bridgehead atoms. The molecule has 2 aromatic rings. The fourth-order valence-electron chi connectivity index (χ4n) is 1.97. The van der Waals surface area contributed by atoms with Gasteiger partial charge < -0.3 is 9.47 Å². The van der Waals surface area contributed by atoms with E-state index in [1.807, 2.05) is 30.3 Å². The van der Waals surface area contributed by atoms with Crippen LogP contribution in [-0.2, 0) is 9.47 Å². The van der Waals surface area contributed by atoms with Crippen molar-refractivity contribution in [3.8, 4) is 0 Å². The molecule has 2 heteroatoms. The summed E-state index contributed by atoms with van der Waals surface area (Å²) in [5.74, 6) is 0. The lowest BCUT2D eigenvalue weighted by molar-refractivity contribution is -0.113. The summed E-state index contributed by atoms with van der Waals surface area (Å²) in [7, 11) is 0. The Balaban J connectivity index is 2.12. The van der Waals surface area contributed by atoms with E-state index in [4.69, 9.17) is 9.47 Å². The van der Waals surface area contributed by atoms with Gasteiger partial charge in [0.05, 0.1) is 12.9 Å². The third-order valence-electron chi connectivity index (χ3n) is 2.72. The van der Waals surface area contributed by atoms with Crippen LogP contribution >= 0.6 is 0 Å². The minimum Gasteiger partial charge on any atom is -0.468 e. The fraction of sp³-hybridized carbons (Fsp3) is 0.143. The molecular formula is C14H12O2. The monoisotopic (exact) mass is 212 g/mol. The van der Waals surface area contributed by atoms with Crippen molar-refractivity contribution in [3.05, 3.63) is 60.4 Å². The molecule has 2 aromatic carbocycles. The topological polar surface area (TPSA) is 18.5 Å². The van der Waals surface area contributed by atoms with Gasteiger partial charge in [0, 0.05) is 5.56 Å². The average molecular weight is 212 g/mol. The lowest BCUT2D eigenvalue weighted by Gasteiger charge is -2.21. The molecule has 16 heavy (non-hydrogen) atoms. The third kappa shape index (κ3) is 1.57. The van der Waals surface area contributed by atoms with Gasteiger partial charge in [-0.25, -0.2) is 0 Å². The molecule has 0 N–H and O–H groups in total. The molecule has 3 rings (SSSR count). The summed E-state index contributed by atoms with van der Waals surface area (Å²) in [5, 5.41) is 2.40. The Labute approximate surface area is 94.1 Å². The van der Waals surface area contributed by atoms with Crippen LogP contribution in [0.4, 0.5) is 0 Å². The van der Waals surface area contributed by atoms with Gasteiger partial charge in [0.1, 0.15) is 0 Å². The van der Waals surface area contributed by atoms with E-state index < -0.39 is 0 Å². The molecule has 1 atom stereocenters. The Morgan fingerprint density at radius 3 is 2.75 bits per heavy atom. The normalized spacial score (nSPS) is 19.6. The molecule has 2 nitrogen and oxygen atoms in total. The van der Waals surface area contributed by atoms with E-state index in [9.17, 15) is 0 Å². The highest BCUT2D eigenvalue weighted by Crippen LogP contribution is 2.28. The molecular weight excluding hydrogens is 200 g/mol. The molecule has 0 radical (unpaired) electrons. The maximum Gasteiger partial charge on any atom is 0.226 e. The summed E-state index contributed by atoms with van der Waals surface area (Å²) >= 11 is 0. The van der Waals surface area contributed by atoms with Crippen LogP contribution < -0.4 is 0 Å². The molecule has 0 aliphatic carbocycles. The first-order chi connectivity index (χ1) is 7.95. The van der Waals surface area contributed by atoms with E-state index in [1.165, 1.54) is 10.8 Å². The molecule has 0 fully saturated rings. The van der Waals surface area contributed by atoms with Crippen LogP contribution in [0.1, 0.15) is 11.9 Å². The lowest BCUT2D eigenvalue weighted by atomic mass is 10.0. The van der Waals surface area contributed by atoms with Gasteiger partial charge in [-0.3, -0.25) is 0 Å². The highest BCUT2D eigenvalue weighted by Gasteiger charge is 2.16. The van der Waals surface area contributed by atoms with Crippen LogP contribution in [0.5, 0.6) is 0 Å². The summed E-state index contributed by atoms with van der Waals surface area (Å²) in [6.45, 7) is 0.605. The van der Waals surface area contributed by atoms with Crippen molar-refractivity contribution in [2.75, 3.05) is 6.61 Å². The third-order valence-corrected chi connectivity index (χ3v) is 2.72. The summed E-state index contributed by atoms with van der Waals surface area (Å²) in [5.41, 5.74) is 1.09. The zero-order valence-corrected chi connectivity index (χ0v) is 8.80. The molecule has 1 unspecified atom stereocenters. The maximum atomic E-state index is 5.56. The van der Waals surface area contributed by atoms with Gasteiger partial charge in [-0.1, -0.05) is 42.5 Å². The molecule has 80 valence electrons. The molecule has 1 aliphatic rings. The van der Waals surface area contributed by atoms with Crippen LogP contribution in [0, 0.1) is 0 Å². The van der Waals surface area contributed by atoms with Gasteiger partial charge in [0.15, 0.2) is 0 Å². The van der Waals surface area contributed by atoms with E-state index in [1.54, 1.807) is 6.26 Å². The average Bonchev–Trinajstić information content (AvgIpc) is 2.39. The van der Waals surface area contributed by atoms with Crippen LogP contribution in [0.3, 0.4) is 0 Å². The van der Waals surface area contributed by atoms with Crippen molar-refractivity contribution in [1.29, 1.82) is 0 Å². The standard InChI is InChI=1S/C14H12O2/c1-2-7-12-11(5-1)6-3-8-13(12)14-15-9-4-10-16-14/h1-9,14H,10H2. The van der Waals surface area contributed by atoms with E-state index in [-0.39, 0.29) is 6.29 Å². The number of fused-ring (bicyclic) bond motifs is 1. The van der Waals surface area contributed by atoms with Gasteiger partial charge >= 0.3 is 0 Å². The van der Waals surface area contributed by atoms with Gasteiger partial charge in [-0.15, -0.1) is 0 Å². The first-order valence-corrected chi connectivity index (χ1v) is 5.35. The second-order valence-corrected chi connectivity index (χ2v) is 3.74. The summed E-state index contributed by atoms with van der Waals surface area (Å²) in [4.78, 5) is 0. The maximum absolute atomic E-state index is 5.56. The zero-order chi connectivity index (χ0) is 10.8. The van der Waals surface area contributed by atoms with Crippen LogP contribution in [0.2, 0.25) is 0 Å². The Morgan fingerprint density at radius 2 is 1.88 bits per heavy atom. The van der Waals surface area contributed by atoms with Crippen LogP contribution in [0.25, 0.3) is 10.8 Å². The van der Waals surface area contributed by atoms with E-state index in [0.29, 0.717) is 6.61 Å². The minimum atomic E-state index is -0.281. The fourth-order valence-corrected chi connectivity index (χ4v) is 1.97. The number of ether oxygens (including phenoxy) is 2. The summed E-state index contributed by atoms with van der Waals surface area (Å²) in [6, 6.07) is 14.4.